The van der Waals surface area contributed by atoms with Crippen LogP contribution in [0.4, 0.5) is 0 Å². The van der Waals surface area contributed by atoms with E-state index in [1.807, 2.05) is 13.0 Å². The number of hydrogen-bond acceptors (Lipinski definition) is 4. The number of hydrogen-bond donors (Lipinski definition) is 2. The van der Waals surface area contributed by atoms with Gasteiger partial charge in [0.15, 0.2) is 5.76 Å². The number of furan rings is 1. The van der Waals surface area contributed by atoms with E-state index in [9.17, 15) is 4.79 Å². The molecule has 6 heteroatoms. The molecule has 6 nitrogen and oxygen atoms in total. The zero-order valence-electron chi connectivity index (χ0n) is 14.2. The summed E-state index contributed by atoms with van der Waals surface area (Å²) in [5.41, 5.74) is 2.11. The van der Waals surface area contributed by atoms with Crippen LogP contribution < -0.4 is 5.32 Å². The fraction of sp³-hybridized carbons (Fsp3) is 0.529. The van der Waals surface area contributed by atoms with Crippen LogP contribution in [0.2, 0.25) is 0 Å². The quantitative estimate of drug-likeness (QED) is 0.744. The van der Waals surface area contributed by atoms with E-state index in [1.165, 1.54) is 0 Å². The number of amides is 1. The molecule has 0 saturated heterocycles. The van der Waals surface area contributed by atoms with Crippen molar-refractivity contribution in [3.63, 3.8) is 0 Å². The van der Waals surface area contributed by atoms with Crippen molar-refractivity contribution in [1.29, 1.82) is 0 Å². The smallest absolute Gasteiger partial charge is 0.287 e. The zero-order valence-corrected chi connectivity index (χ0v) is 14.2. The molecule has 2 rings (SSSR count). The lowest BCUT2D eigenvalue weighted by Crippen LogP contribution is -2.25. The lowest BCUT2D eigenvalue weighted by atomic mass is 10.2. The number of rotatable bonds is 9. The maximum atomic E-state index is 12.2. The predicted molar refractivity (Wildman–Crippen MR) is 89.3 cm³/mol. The topological polar surface area (TPSA) is 74.2 Å². The lowest BCUT2D eigenvalue weighted by molar-refractivity contribution is 0.0924. The average Bonchev–Trinajstić information content (AvgIpc) is 3.21. The normalized spacial score (nSPS) is 11.1. The molecular formula is C17H26N4O2. The van der Waals surface area contributed by atoms with E-state index in [2.05, 4.69) is 34.0 Å². The van der Waals surface area contributed by atoms with Crippen LogP contribution in [0.3, 0.4) is 0 Å². The summed E-state index contributed by atoms with van der Waals surface area (Å²) in [5.74, 6) is 1.13. The number of nitrogens with zero attached hydrogens (tertiary/aromatic N) is 2. The van der Waals surface area contributed by atoms with Gasteiger partial charge in [-0.3, -0.25) is 9.69 Å². The van der Waals surface area contributed by atoms with Crippen molar-refractivity contribution in [3.8, 4) is 0 Å². The first-order valence-electron chi connectivity index (χ1n) is 8.27. The second-order valence-electron chi connectivity index (χ2n) is 5.46. The van der Waals surface area contributed by atoms with Crippen LogP contribution in [-0.4, -0.2) is 40.4 Å². The van der Waals surface area contributed by atoms with Crippen molar-refractivity contribution in [2.24, 2.45) is 0 Å². The highest BCUT2D eigenvalue weighted by Crippen LogP contribution is 2.18. The Morgan fingerprint density at radius 3 is 2.74 bits per heavy atom. The molecule has 0 aliphatic carbocycles. The Morgan fingerprint density at radius 2 is 2.13 bits per heavy atom. The molecule has 0 atom stereocenters. The number of H-pyrrole nitrogens is 1. The van der Waals surface area contributed by atoms with Gasteiger partial charge in [-0.15, -0.1) is 0 Å². The molecule has 23 heavy (non-hydrogen) atoms. The molecule has 0 unspecified atom stereocenters. The summed E-state index contributed by atoms with van der Waals surface area (Å²) in [5, 5.41) is 2.89. The van der Waals surface area contributed by atoms with Gasteiger partial charge in [-0.2, -0.15) is 0 Å². The SMILES string of the molecule is CCc1oc(C(=O)NCCc2cnc[nH]2)cc1CN(CC)CC. The standard InChI is InChI=1S/C17H26N4O2/c1-4-15-13(11-21(5-2)6-3)9-16(23-15)17(22)19-8-7-14-10-18-12-20-14/h9-10,12H,4-8,11H2,1-3H3,(H,18,20)(H,19,22). The summed E-state index contributed by atoms with van der Waals surface area (Å²) in [4.78, 5) is 21.5. The highest BCUT2D eigenvalue weighted by molar-refractivity contribution is 5.91. The Hall–Kier alpha value is -2.08. The summed E-state index contributed by atoms with van der Waals surface area (Å²) < 4.78 is 5.74. The van der Waals surface area contributed by atoms with Gasteiger partial charge in [0.1, 0.15) is 5.76 Å². The molecule has 0 saturated carbocycles. The molecule has 0 aromatic carbocycles. The minimum Gasteiger partial charge on any atom is -0.456 e. The zero-order chi connectivity index (χ0) is 16.7. The van der Waals surface area contributed by atoms with Crippen molar-refractivity contribution < 1.29 is 9.21 Å². The number of aromatic nitrogens is 2. The first-order chi connectivity index (χ1) is 11.2. The molecule has 2 N–H and O–H groups in total. The molecule has 1 amide bonds. The molecule has 0 radical (unpaired) electrons. The van der Waals surface area contributed by atoms with Crippen LogP contribution in [0.1, 0.15) is 48.3 Å². The molecule has 0 aliphatic heterocycles. The Kier molecular flexibility index (Phi) is 6.40. The van der Waals surface area contributed by atoms with Gasteiger partial charge >= 0.3 is 0 Å². The minimum atomic E-state index is -0.162. The van der Waals surface area contributed by atoms with Gasteiger partial charge in [0.25, 0.3) is 5.91 Å². The molecule has 0 aliphatic rings. The Morgan fingerprint density at radius 1 is 1.35 bits per heavy atom. The fourth-order valence-corrected chi connectivity index (χ4v) is 2.52. The van der Waals surface area contributed by atoms with Gasteiger partial charge in [0, 0.05) is 43.4 Å². The van der Waals surface area contributed by atoms with Crippen molar-refractivity contribution in [1.82, 2.24) is 20.2 Å². The largest absolute Gasteiger partial charge is 0.456 e. The highest BCUT2D eigenvalue weighted by Gasteiger charge is 2.16. The van der Waals surface area contributed by atoms with Gasteiger partial charge in [-0.05, 0) is 19.2 Å². The molecule has 126 valence electrons. The van der Waals surface area contributed by atoms with E-state index in [4.69, 9.17) is 4.42 Å². The molecular weight excluding hydrogens is 292 g/mol. The van der Waals surface area contributed by atoms with Crippen molar-refractivity contribution >= 4 is 5.91 Å². The molecule has 2 aromatic heterocycles. The highest BCUT2D eigenvalue weighted by atomic mass is 16.4. The van der Waals surface area contributed by atoms with Crippen molar-refractivity contribution in [2.45, 2.75) is 40.2 Å². The van der Waals surface area contributed by atoms with Crippen LogP contribution in [0, 0.1) is 0 Å². The first kappa shape index (κ1) is 17.3. The van der Waals surface area contributed by atoms with Crippen molar-refractivity contribution in [2.75, 3.05) is 19.6 Å². The second-order valence-corrected chi connectivity index (χ2v) is 5.46. The van der Waals surface area contributed by atoms with Gasteiger partial charge in [0.05, 0.1) is 6.33 Å². The second kappa shape index (κ2) is 8.53. The van der Waals surface area contributed by atoms with Crippen LogP contribution in [-0.2, 0) is 19.4 Å². The Labute approximate surface area is 137 Å². The molecule has 0 spiro atoms. The van der Waals surface area contributed by atoms with E-state index in [1.54, 1.807) is 12.5 Å². The number of imidazole rings is 1. The van der Waals surface area contributed by atoms with Gasteiger partial charge in [0.2, 0.25) is 0 Å². The molecule has 0 bridgehead atoms. The number of nitrogens with one attached hydrogen (secondary N) is 2. The monoisotopic (exact) mass is 318 g/mol. The summed E-state index contributed by atoms with van der Waals surface area (Å²) in [6.45, 7) is 9.66. The number of carbonyl (C=O) groups excluding carboxylic acids is 1. The lowest BCUT2D eigenvalue weighted by Gasteiger charge is -2.17. The molecule has 2 heterocycles. The van der Waals surface area contributed by atoms with Gasteiger partial charge in [-0.1, -0.05) is 20.8 Å². The van der Waals surface area contributed by atoms with Gasteiger partial charge in [-0.25, -0.2) is 4.98 Å². The number of aryl methyl sites for hydroxylation is 1. The maximum absolute atomic E-state index is 12.2. The third-order valence-corrected chi connectivity index (χ3v) is 3.96. The fourth-order valence-electron chi connectivity index (χ4n) is 2.52. The van der Waals surface area contributed by atoms with Crippen molar-refractivity contribution in [3.05, 3.63) is 41.4 Å². The number of aromatic amines is 1. The summed E-state index contributed by atoms with van der Waals surface area (Å²) in [7, 11) is 0. The van der Waals surface area contributed by atoms with Crippen LogP contribution in [0.15, 0.2) is 23.0 Å². The minimum absolute atomic E-state index is 0.162. The average molecular weight is 318 g/mol. The van der Waals surface area contributed by atoms with E-state index in [0.29, 0.717) is 12.3 Å². The Bertz CT molecular complexity index is 600. The van der Waals surface area contributed by atoms with E-state index in [-0.39, 0.29) is 5.91 Å². The number of carbonyl (C=O) groups is 1. The first-order valence-corrected chi connectivity index (χ1v) is 8.27. The summed E-state index contributed by atoms with van der Waals surface area (Å²) in [6.07, 6.45) is 4.91. The summed E-state index contributed by atoms with van der Waals surface area (Å²) in [6, 6.07) is 1.88. The molecule has 0 fully saturated rings. The van der Waals surface area contributed by atoms with Crippen LogP contribution in [0.5, 0.6) is 0 Å². The summed E-state index contributed by atoms with van der Waals surface area (Å²) >= 11 is 0. The Balaban J connectivity index is 1.95. The van der Waals surface area contributed by atoms with Crippen LogP contribution in [0.25, 0.3) is 0 Å². The predicted octanol–water partition coefficient (Wildman–Crippen LogP) is 2.38. The van der Waals surface area contributed by atoms with E-state index in [0.717, 1.165) is 49.5 Å². The third kappa shape index (κ3) is 4.69. The maximum Gasteiger partial charge on any atom is 0.287 e. The van der Waals surface area contributed by atoms with E-state index >= 15 is 0 Å². The van der Waals surface area contributed by atoms with Gasteiger partial charge < -0.3 is 14.7 Å². The van der Waals surface area contributed by atoms with Crippen LogP contribution >= 0.6 is 0 Å². The molecule has 2 aromatic rings. The third-order valence-electron chi connectivity index (χ3n) is 3.96. The van der Waals surface area contributed by atoms with E-state index < -0.39 is 0 Å².